The van der Waals surface area contributed by atoms with Gasteiger partial charge in [0.15, 0.2) is 17.3 Å². The molecule has 0 spiro atoms. The van der Waals surface area contributed by atoms with Gasteiger partial charge in [-0.3, -0.25) is 4.79 Å². The van der Waals surface area contributed by atoms with Gasteiger partial charge in [-0.2, -0.15) is 0 Å². The van der Waals surface area contributed by atoms with Gasteiger partial charge in [-0.1, -0.05) is 6.07 Å². The number of carbonyl (C=O) groups is 2. The Hall–Kier alpha value is -3.53. The number of esters is 1. The molecule has 1 aliphatic heterocycles. The summed E-state index contributed by atoms with van der Waals surface area (Å²) in [4.78, 5) is 29.9. The molecule has 0 saturated carbocycles. The lowest BCUT2D eigenvalue weighted by atomic mass is 10.1. The molecule has 0 radical (unpaired) electrons. The van der Waals surface area contributed by atoms with Gasteiger partial charge >= 0.3 is 5.97 Å². The van der Waals surface area contributed by atoms with E-state index in [2.05, 4.69) is 15.6 Å². The summed E-state index contributed by atoms with van der Waals surface area (Å²) in [6, 6.07) is 5.42. The first-order chi connectivity index (χ1) is 15.9. The smallest absolute Gasteiger partial charge is 0.356 e. The topological polar surface area (TPSA) is 94.5 Å². The molecule has 4 rings (SSSR count). The molecular formula is C23H24F2N4O4. The zero-order chi connectivity index (χ0) is 23.5. The van der Waals surface area contributed by atoms with E-state index in [0.29, 0.717) is 54.2 Å². The van der Waals surface area contributed by atoms with E-state index in [1.54, 1.807) is 16.8 Å². The number of ether oxygens (including phenoxy) is 2. The van der Waals surface area contributed by atoms with Crippen LogP contribution in [0.3, 0.4) is 0 Å². The molecule has 3 heterocycles. The van der Waals surface area contributed by atoms with Crippen molar-refractivity contribution in [2.75, 3.05) is 31.0 Å². The number of aromatic nitrogens is 2. The number of anilines is 2. The molecule has 1 fully saturated rings. The molecule has 33 heavy (non-hydrogen) atoms. The molecule has 1 amide bonds. The Morgan fingerprint density at radius 3 is 2.76 bits per heavy atom. The Balaban J connectivity index is 1.70. The van der Waals surface area contributed by atoms with Crippen molar-refractivity contribution in [2.45, 2.75) is 26.4 Å². The number of fused-ring (bicyclic) bond motifs is 1. The number of nitrogens with one attached hydrogen (secondary N) is 2. The van der Waals surface area contributed by atoms with E-state index < -0.39 is 17.6 Å². The van der Waals surface area contributed by atoms with E-state index in [0.717, 1.165) is 12.1 Å². The number of nitrogens with zero attached hydrogens (tertiary/aromatic N) is 2. The summed E-state index contributed by atoms with van der Waals surface area (Å²) in [6.45, 7) is 3.35. The van der Waals surface area contributed by atoms with Crippen molar-refractivity contribution >= 4 is 34.3 Å². The Morgan fingerprint density at radius 1 is 1.27 bits per heavy atom. The zero-order valence-corrected chi connectivity index (χ0v) is 18.3. The Bertz CT molecular complexity index is 1200. The van der Waals surface area contributed by atoms with Crippen molar-refractivity contribution in [1.29, 1.82) is 0 Å². The molecule has 8 nitrogen and oxygen atoms in total. The van der Waals surface area contributed by atoms with Crippen LogP contribution in [0.2, 0.25) is 0 Å². The monoisotopic (exact) mass is 458 g/mol. The lowest BCUT2D eigenvalue weighted by Gasteiger charge is -2.11. The quantitative estimate of drug-likeness (QED) is 0.525. The van der Waals surface area contributed by atoms with Crippen molar-refractivity contribution in [3.05, 3.63) is 53.4 Å². The normalized spacial score (nSPS) is 15.6. The van der Waals surface area contributed by atoms with Gasteiger partial charge in [0, 0.05) is 25.1 Å². The van der Waals surface area contributed by atoms with Gasteiger partial charge in [0.25, 0.3) is 0 Å². The molecule has 0 bridgehead atoms. The maximum atomic E-state index is 13.5. The third-order valence-electron chi connectivity index (χ3n) is 5.62. The Kier molecular flexibility index (Phi) is 6.55. The largest absolute Gasteiger partial charge is 0.464 e. The highest BCUT2D eigenvalue weighted by Crippen LogP contribution is 2.33. The van der Waals surface area contributed by atoms with Gasteiger partial charge in [-0.05, 0) is 37.1 Å². The second kappa shape index (κ2) is 9.53. The standard InChI is InChI=1S/C23H24F2N4O4/c1-3-29-20(23(31)32-2)19(28-22(30)14-6-7-33-12-14)16-9-15(11-27-21(16)29)26-10-13-4-5-17(24)18(25)8-13/h4-5,8-9,11,14,26H,3,6-7,10,12H2,1-2H3,(H,28,30). The molecule has 2 N–H and O–H groups in total. The van der Waals surface area contributed by atoms with Crippen molar-refractivity contribution < 1.29 is 27.8 Å². The number of hydrogen-bond donors (Lipinski definition) is 2. The fourth-order valence-corrected chi connectivity index (χ4v) is 3.89. The third kappa shape index (κ3) is 4.51. The van der Waals surface area contributed by atoms with Crippen LogP contribution in [-0.4, -0.2) is 41.8 Å². The van der Waals surface area contributed by atoms with Crippen molar-refractivity contribution in [3.63, 3.8) is 0 Å². The minimum absolute atomic E-state index is 0.201. The van der Waals surface area contributed by atoms with Crippen LogP contribution < -0.4 is 10.6 Å². The van der Waals surface area contributed by atoms with Crippen LogP contribution in [0.15, 0.2) is 30.5 Å². The predicted octanol–water partition coefficient (Wildman–Crippen LogP) is 3.71. The van der Waals surface area contributed by atoms with Crippen molar-refractivity contribution in [1.82, 2.24) is 9.55 Å². The summed E-state index contributed by atoms with van der Waals surface area (Å²) in [5.74, 6) is -2.98. The van der Waals surface area contributed by atoms with E-state index in [9.17, 15) is 18.4 Å². The summed E-state index contributed by atoms with van der Waals surface area (Å²) in [6.07, 6.45) is 2.18. The first-order valence-electron chi connectivity index (χ1n) is 10.6. The predicted molar refractivity (Wildman–Crippen MR) is 118 cm³/mol. The van der Waals surface area contributed by atoms with Crippen LogP contribution >= 0.6 is 0 Å². The third-order valence-corrected chi connectivity index (χ3v) is 5.62. The molecule has 0 aliphatic carbocycles. The van der Waals surface area contributed by atoms with Crippen LogP contribution in [0.5, 0.6) is 0 Å². The number of hydrogen-bond acceptors (Lipinski definition) is 6. The minimum Gasteiger partial charge on any atom is -0.464 e. The van der Waals surface area contributed by atoms with Gasteiger partial charge in [0.05, 0.1) is 37.2 Å². The number of benzene rings is 1. The molecule has 3 aromatic rings. The molecule has 1 unspecified atom stereocenters. The highest BCUT2D eigenvalue weighted by atomic mass is 19.2. The zero-order valence-electron chi connectivity index (χ0n) is 18.3. The molecule has 1 atom stereocenters. The van der Waals surface area contributed by atoms with E-state index in [1.807, 2.05) is 6.92 Å². The molecule has 2 aromatic heterocycles. The highest BCUT2D eigenvalue weighted by Gasteiger charge is 2.29. The first-order valence-corrected chi connectivity index (χ1v) is 10.6. The van der Waals surface area contributed by atoms with Crippen LogP contribution in [0.1, 0.15) is 29.4 Å². The fraction of sp³-hybridized carbons (Fsp3) is 0.348. The number of pyridine rings is 1. The van der Waals surface area contributed by atoms with Gasteiger partial charge in [0.2, 0.25) is 5.91 Å². The maximum Gasteiger partial charge on any atom is 0.356 e. The Labute approximate surface area is 188 Å². The average Bonchev–Trinajstić information content (AvgIpc) is 3.46. The molecule has 1 aromatic carbocycles. The van der Waals surface area contributed by atoms with Gasteiger partial charge in [0.1, 0.15) is 5.65 Å². The number of amides is 1. The number of aryl methyl sites for hydroxylation is 1. The molecule has 1 saturated heterocycles. The summed E-state index contributed by atoms with van der Waals surface area (Å²) in [7, 11) is 1.28. The molecule has 174 valence electrons. The number of methoxy groups -OCH3 is 1. The average molecular weight is 458 g/mol. The SMILES string of the molecule is CCn1c(C(=O)OC)c(NC(=O)C2CCOC2)c2cc(NCc3ccc(F)c(F)c3)cnc21. The summed E-state index contributed by atoms with van der Waals surface area (Å²) >= 11 is 0. The summed E-state index contributed by atoms with van der Waals surface area (Å²) in [5, 5.41) is 6.55. The van der Waals surface area contributed by atoms with Crippen LogP contribution in [0.25, 0.3) is 11.0 Å². The van der Waals surface area contributed by atoms with E-state index in [1.165, 1.54) is 13.2 Å². The van der Waals surface area contributed by atoms with Crippen LogP contribution in [0.4, 0.5) is 20.2 Å². The van der Waals surface area contributed by atoms with Gasteiger partial charge in [-0.15, -0.1) is 0 Å². The fourth-order valence-electron chi connectivity index (χ4n) is 3.89. The minimum atomic E-state index is -0.925. The number of carbonyl (C=O) groups excluding carboxylic acids is 2. The molecule has 1 aliphatic rings. The molecule has 10 heteroatoms. The van der Waals surface area contributed by atoms with E-state index in [-0.39, 0.29) is 24.1 Å². The molecular weight excluding hydrogens is 434 g/mol. The summed E-state index contributed by atoms with van der Waals surface area (Å²) in [5.41, 5.74) is 2.16. The Morgan fingerprint density at radius 2 is 2.09 bits per heavy atom. The lowest BCUT2D eigenvalue weighted by Crippen LogP contribution is -2.24. The second-order valence-corrected chi connectivity index (χ2v) is 7.71. The number of halogens is 2. The van der Waals surface area contributed by atoms with E-state index in [4.69, 9.17) is 9.47 Å². The van der Waals surface area contributed by atoms with E-state index >= 15 is 0 Å². The highest BCUT2D eigenvalue weighted by molar-refractivity contribution is 6.11. The van der Waals surface area contributed by atoms with Gasteiger partial charge in [-0.25, -0.2) is 18.6 Å². The maximum absolute atomic E-state index is 13.5. The lowest BCUT2D eigenvalue weighted by molar-refractivity contribution is -0.119. The van der Waals surface area contributed by atoms with Crippen LogP contribution in [-0.2, 0) is 27.4 Å². The second-order valence-electron chi connectivity index (χ2n) is 7.71. The van der Waals surface area contributed by atoms with Crippen molar-refractivity contribution in [2.24, 2.45) is 5.92 Å². The number of rotatable bonds is 7. The summed E-state index contributed by atoms with van der Waals surface area (Å²) < 4.78 is 38.6. The van der Waals surface area contributed by atoms with Crippen molar-refractivity contribution in [3.8, 4) is 0 Å². The van der Waals surface area contributed by atoms with Gasteiger partial charge < -0.3 is 24.7 Å². The van der Waals surface area contributed by atoms with Crippen LogP contribution in [0, 0.1) is 17.6 Å². The first kappa shape index (κ1) is 22.7.